The first-order valence-corrected chi connectivity index (χ1v) is 5.09. The van der Waals surface area contributed by atoms with Crippen molar-refractivity contribution < 1.29 is 5.11 Å². The topological polar surface area (TPSA) is 41.3 Å². The van der Waals surface area contributed by atoms with Gasteiger partial charge < -0.3 is 10.0 Å². The zero-order valence-corrected chi connectivity index (χ0v) is 8.59. The number of fused-ring (bicyclic) bond motifs is 1. The summed E-state index contributed by atoms with van der Waals surface area (Å²) < 4.78 is 2.01. The summed E-state index contributed by atoms with van der Waals surface area (Å²) in [5.41, 5.74) is 1.02. The highest BCUT2D eigenvalue weighted by Gasteiger charge is 2.26. The SMILES string of the molecule is CN1CC(n2ncc3ccc(O)cc32)C1. The van der Waals surface area contributed by atoms with Gasteiger partial charge in [-0.15, -0.1) is 0 Å². The fourth-order valence-corrected chi connectivity index (χ4v) is 2.14. The molecule has 3 rings (SSSR count). The van der Waals surface area contributed by atoms with Gasteiger partial charge in [0.15, 0.2) is 0 Å². The molecule has 4 nitrogen and oxygen atoms in total. The van der Waals surface area contributed by atoms with E-state index in [2.05, 4.69) is 17.0 Å². The molecule has 1 aliphatic rings. The van der Waals surface area contributed by atoms with Crippen LogP contribution < -0.4 is 0 Å². The van der Waals surface area contributed by atoms with E-state index in [1.165, 1.54) is 0 Å². The Morgan fingerprint density at radius 3 is 2.93 bits per heavy atom. The quantitative estimate of drug-likeness (QED) is 0.758. The molecule has 1 saturated heterocycles. The van der Waals surface area contributed by atoms with E-state index in [1.54, 1.807) is 12.1 Å². The van der Waals surface area contributed by atoms with Gasteiger partial charge in [-0.2, -0.15) is 5.10 Å². The van der Waals surface area contributed by atoms with Gasteiger partial charge in [0.1, 0.15) is 5.75 Å². The first-order chi connectivity index (χ1) is 7.24. The summed E-state index contributed by atoms with van der Waals surface area (Å²) in [6, 6.07) is 5.83. The highest BCUT2D eigenvalue weighted by molar-refractivity contribution is 5.80. The largest absolute Gasteiger partial charge is 0.508 e. The van der Waals surface area contributed by atoms with Crippen LogP contribution in [0.2, 0.25) is 0 Å². The molecule has 0 amide bonds. The molecule has 2 heterocycles. The number of phenolic OH excluding ortho intramolecular Hbond substituents is 1. The molecule has 0 spiro atoms. The number of phenols is 1. The second-order valence-corrected chi connectivity index (χ2v) is 4.21. The standard InChI is InChI=1S/C11H13N3O/c1-13-6-9(7-13)14-11-4-10(15)3-2-8(11)5-12-14/h2-5,9,15H,6-7H2,1H3. The highest BCUT2D eigenvalue weighted by atomic mass is 16.3. The minimum atomic E-state index is 0.303. The van der Waals surface area contributed by atoms with E-state index in [1.807, 2.05) is 16.9 Å². The molecular weight excluding hydrogens is 190 g/mol. The summed E-state index contributed by atoms with van der Waals surface area (Å²) in [7, 11) is 2.10. The van der Waals surface area contributed by atoms with E-state index in [4.69, 9.17) is 0 Å². The molecule has 78 valence electrons. The lowest BCUT2D eigenvalue weighted by Gasteiger charge is -2.36. The molecule has 0 bridgehead atoms. The molecule has 1 aromatic heterocycles. The smallest absolute Gasteiger partial charge is 0.117 e. The fraction of sp³-hybridized carbons (Fsp3) is 0.364. The number of likely N-dealkylation sites (N-methyl/N-ethyl adjacent to an activating group) is 1. The zero-order chi connectivity index (χ0) is 10.4. The van der Waals surface area contributed by atoms with Crippen LogP contribution in [0.4, 0.5) is 0 Å². The third-order valence-corrected chi connectivity index (χ3v) is 2.97. The lowest BCUT2D eigenvalue weighted by molar-refractivity contribution is 0.134. The number of nitrogens with zero attached hydrogens (tertiary/aromatic N) is 3. The van der Waals surface area contributed by atoms with Crippen LogP contribution in [0.1, 0.15) is 6.04 Å². The summed E-state index contributed by atoms with van der Waals surface area (Å²) in [5.74, 6) is 0.303. The first-order valence-electron chi connectivity index (χ1n) is 5.09. The average Bonchev–Trinajstić information content (AvgIpc) is 2.56. The minimum absolute atomic E-state index is 0.303. The fourth-order valence-electron chi connectivity index (χ4n) is 2.14. The van der Waals surface area contributed by atoms with Crippen LogP contribution in [0.15, 0.2) is 24.4 Å². The van der Waals surface area contributed by atoms with Crippen molar-refractivity contribution in [2.75, 3.05) is 20.1 Å². The third kappa shape index (κ3) is 1.29. The van der Waals surface area contributed by atoms with E-state index >= 15 is 0 Å². The second kappa shape index (κ2) is 2.97. The Hall–Kier alpha value is -1.55. The lowest BCUT2D eigenvalue weighted by atomic mass is 10.1. The molecule has 0 unspecified atom stereocenters. The molecule has 15 heavy (non-hydrogen) atoms. The Morgan fingerprint density at radius 1 is 1.40 bits per heavy atom. The maximum absolute atomic E-state index is 9.45. The second-order valence-electron chi connectivity index (χ2n) is 4.21. The number of hydrogen-bond donors (Lipinski definition) is 1. The van der Waals surface area contributed by atoms with E-state index in [9.17, 15) is 5.11 Å². The van der Waals surface area contributed by atoms with E-state index < -0.39 is 0 Å². The Balaban J connectivity index is 2.07. The summed E-state index contributed by atoms with van der Waals surface area (Å²) in [6.45, 7) is 2.07. The minimum Gasteiger partial charge on any atom is -0.508 e. The number of rotatable bonds is 1. The van der Waals surface area contributed by atoms with Crippen molar-refractivity contribution in [3.05, 3.63) is 24.4 Å². The van der Waals surface area contributed by atoms with Crippen molar-refractivity contribution in [1.82, 2.24) is 14.7 Å². The Kier molecular flexibility index (Phi) is 1.73. The normalized spacial score (nSPS) is 18.2. The number of aromatic hydroxyl groups is 1. The van der Waals surface area contributed by atoms with Crippen LogP contribution in [0.3, 0.4) is 0 Å². The van der Waals surface area contributed by atoms with Gasteiger partial charge >= 0.3 is 0 Å². The van der Waals surface area contributed by atoms with Gasteiger partial charge in [-0.05, 0) is 19.2 Å². The van der Waals surface area contributed by atoms with Gasteiger partial charge in [0.2, 0.25) is 0 Å². The predicted octanol–water partition coefficient (Wildman–Crippen LogP) is 1.23. The third-order valence-electron chi connectivity index (χ3n) is 2.97. The monoisotopic (exact) mass is 203 g/mol. The first kappa shape index (κ1) is 8.73. The van der Waals surface area contributed by atoms with E-state index in [-0.39, 0.29) is 0 Å². The number of aromatic nitrogens is 2. The molecule has 0 atom stereocenters. The number of benzene rings is 1. The average molecular weight is 203 g/mol. The molecule has 1 aromatic carbocycles. The summed E-state index contributed by atoms with van der Waals surface area (Å²) in [4.78, 5) is 2.25. The maximum atomic E-state index is 9.45. The van der Waals surface area contributed by atoms with Crippen LogP contribution >= 0.6 is 0 Å². The molecule has 2 aromatic rings. The van der Waals surface area contributed by atoms with Crippen LogP contribution in [-0.2, 0) is 0 Å². The predicted molar refractivity (Wildman–Crippen MR) is 57.9 cm³/mol. The molecular formula is C11H13N3O. The van der Waals surface area contributed by atoms with Gasteiger partial charge in [-0.1, -0.05) is 0 Å². The summed E-state index contributed by atoms with van der Waals surface area (Å²) in [5, 5.41) is 14.9. The number of hydrogen-bond acceptors (Lipinski definition) is 3. The molecule has 0 saturated carbocycles. The highest BCUT2D eigenvalue weighted by Crippen LogP contribution is 2.26. The molecule has 1 fully saturated rings. The van der Waals surface area contributed by atoms with Gasteiger partial charge in [0.25, 0.3) is 0 Å². The summed E-state index contributed by atoms with van der Waals surface area (Å²) in [6.07, 6.45) is 1.85. The Bertz CT molecular complexity index is 500. The van der Waals surface area contributed by atoms with Crippen molar-refractivity contribution in [1.29, 1.82) is 0 Å². The van der Waals surface area contributed by atoms with E-state index in [0.29, 0.717) is 11.8 Å². The molecule has 0 radical (unpaired) electrons. The summed E-state index contributed by atoms with van der Waals surface area (Å²) >= 11 is 0. The van der Waals surface area contributed by atoms with Crippen LogP contribution in [0, 0.1) is 0 Å². The van der Waals surface area contributed by atoms with Crippen molar-refractivity contribution in [2.45, 2.75) is 6.04 Å². The molecule has 1 N–H and O–H groups in total. The van der Waals surface area contributed by atoms with Crippen LogP contribution in [0.5, 0.6) is 5.75 Å². The molecule has 1 aliphatic heterocycles. The lowest BCUT2D eigenvalue weighted by Crippen LogP contribution is -2.45. The van der Waals surface area contributed by atoms with Gasteiger partial charge in [0.05, 0.1) is 17.8 Å². The van der Waals surface area contributed by atoms with Crippen molar-refractivity contribution in [2.24, 2.45) is 0 Å². The van der Waals surface area contributed by atoms with Crippen molar-refractivity contribution >= 4 is 10.9 Å². The van der Waals surface area contributed by atoms with Crippen LogP contribution in [-0.4, -0.2) is 39.9 Å². The van der Waals surface area contributed by atoms with E-state index in [0.717, 1.165) is 24.0 Å². The van der Waals surface area contributed by atoms with Crippen molar-refractivity contribution in [3.8, 4) is 5.75 Å². The van der Waals surface area contributed by atoms with Gasteiger partial charge in [-0.25, -0.2) is 0 Å². The molecule has 4 heteroatoms. The van der Waals surface area contributed by atoms with Gasteiger partial charge in [-0.3, -0.25) is 4.68 Å². The maximum Gasteiger partial charge on any atom is 0.117 e. The van der Waals surface area contributed by atoms with Crippen LogP contribution in [0.25, 0.3) is 10.9 Å². The Labute approximate surface area is 87.7 Å². The zero-order valence-electron chi connectivity index (χ0n) is 8.59. The molecule has 0 aliphatic carbocycles. The van der Waals surface area contributed by atoms with Gasteiger partial charge in [0, 0.05) is 24.5 Å². The van der Waals surface area contributed by atoms with Crippen molar-refractivity contribution in [3.63, 3.8) is 0 Å². The Morgan fingerprint density at radius 2 is 2.20 bits per heavy atom. The number of likely N-dealkylation sites (tertiary alicyclic amines) is 1.